The van der Waals surface area contributed by atoms with E-state index in [4.69, 9.17) is 0 Å². The molecule has 0 bridgehead atoms. The molecule has 1 aromatic carbocycles. The second-order valence-corrected chi connectivity index (χ2v) is 8.21. The molecule has 1 amide bonds. The summed E-state index contributed by atoms with van der Waals surface area (Å²) in [5.41, 5.74) is 2.14. The Labute approximate surface area is 191 Å². The van der Waals surface area contributed by atoms with Gasteiger partial charge in [0.25, 0.3) is 5.91 Å². The Morgan fingerprint density at radius 2 is 2.03 bits per heavy atom. The Morgan fingerprint density at radius 1 is 1.15 bits per heavy atom. The van der Waals surface area contributed by atoms with E-state index >= 15 is 0 Å². The van der Waals surface area contributed by atoms with Crippen molar-refractivity contribution in [2.75, 3.05) is 5.32 Å². The molecule has 4 aromatic rings. The van der Waals surface area contributed by atoms with Crippen LogP contribution in [0.2, 0.25) is 0 Å². The minimum absolute atomic E-state index is 0.0759. The molecular formula is C23H25N9O. The lowest BCUT2D eigenvalue weighted by Crippen LogP contribution is -2.31. The predicted octanol–water partition coefficient (Wildman–Crippen LogP) is 2.50. The highest BCUT2D eigenvalue weighted by Crippen LogP contribution is 2.40. The van der Waals surface area contributed by atoms with Crippen molar-refractivity contribution in [3.63, 3.8) is 0 Å². The maximum atomic E-state index is 13.0. The highest BCUT2D eigenvalue weighted by molar-refractivity contribution is 5.95. The zero-order valence-corrected chi connectivity index (χ0v) is 18.5. The first-order chi connectivity index (χ1) is 16.1. The van der Waals surface area contributed by atoms with Crippen molar-refractivity contribution in [2.45, 2.75) is 25.4 Å². The number of nitrogens with zero attached hydrogens (tertiary/aromatic N) is 7. The van der Waals surface area contributed by atoms with Crippen LogP contribution >= 0.6 is 0 Å². The summed E-state index contributed by atoms with van der Waals surface area (Å²) in [5, 5.41) is 15.0. The average Bonchev–Trinajstić information content (AvgIpc) is 3.50. The lowest BCUT2D eigenvalue weighted by atomic mass is 10.1. The molecule has 1 aliphatic carbocycles. The minimum Gasteiger partial charge on any atom is -0.378 e. The number of amides is 1. The number of nitrogens with one attached hydrogen (secondary N) is 2. The number of anilines is 1. The van der Waals surface area contributed by atoms with Gasteiger partial charge in [-0.25, -0.2) is 15.0 Å². The van der Waals surface area contributed by atoms with Crippen LogP contribution in [0.1, 0.15) is 40.9 Å². The van der Waals surface area contributed by atoms with Crippen molar-refractivity contribution in [3.8, 4) is 11.5 Å². The van der Waals surface area contributed by atoms with Crippen LogP contribution in [-0.2, 0) is 20.6 Å². The van der Waals surface area contributed by atoms with Gasteiger partial charge in [0.2, 0.25) is 0 Å². The van der Waals surface area contributed by atoms with Gasteiger partial charge in [-0.1, -0.05) is 6.07 Å². The van der Waals surface area contributed by atoms with E-state index in [0.717, 1.165) is 30.2 Å². The van der Waals surface area contributed by atoms with E-state index in [-0.39, 0.29) is 11.9 Å². The van der Waals surface area contributed by atoms with E-state index < -0.39 is 0 Å². The first-order valence-corrected chi connectivity index (χ1v) is 10.9. The normalized spacial score (nSPS) is 14.1. The third kappa shape index (κ3) is 4.45. The number of hydrogen-bond acceptors (Lipinski definition) is 7. The summed E-state index contributed by atoms with van der Waals surface area (Å²) < 4.78 is 3.86. The second-order valence-electron chi connectivity index (χ2n) is 8.21. The monoisotopic (exact) mass is 443 g/mol. The van der Waals surface area contributed by atoms with Crippen LogP contribution in [-0.4, -0.2) is 40.2 Å². The molecule has 3 aromatic heterocycles. The maximum absolute atomic E-state index is 13.0. The molecule has 1 aliphatic rings. The molecule has 0 saturated heterocycles. The topological polar surface area (TPSA) is 115 Å². The Balaban J connectivity index is 1.27. The van der Waals surface area contributed by atoms with Crippen molar-refractivity contribution >= 4 is 11.6 Å². The molecule has 168 valence electrons. The molecule has 5 rings (SSSR count). The van der Waals surface area contributed by atoms with Crippen LogP contribution < -0.4 is 10.6 Å². The Kier molecular flexibility index (Phi) is 5.55. The quantitative estimate of drug-likeness (QED) is 0.430. The van der Waals surface area contributed by atoms with E-state index in [0.29, 0.717) is 29.5 Å². The predicted molar refractivity (Wildman–Crippen MR) is 122 cm³/mol. The molecule has 1 atom stereocenters. The van der Waals surface area contributed by atoms with Crippen molar-refractivity contribution in [1.82, 2.24) is 39.6 Å². The van der Waals surface area contributed by atoms with Gasteiger partial charge in [-0.05, 0) is 43.0 Å². The van der Waals surface area contributed by atoms with Crippen LogP contribution in [0.25, 0.3) is 11.5 Å². The lowest BCUT2D eigenvalue weighted by molar-refractivity contribution is 0.0929. The molecule has 10 heteroatoms. The SMILES string of the molecule is Cn1ccnc1[C@H](NC(=O)c1cccc(NCc2nnc(-c3ccncn3)n2C)c1)C1CC1. The third-order valence-corrected chi connectivity index (χ3v) is 5.87. The third-order valence-electron chi connectivity index (χ3n) is 5.87. The fraction of sp³-hybridized carbons (Fsp3) is 0.304. The summed E-state index contributed by atoms with van der Waals surface area (Å²) in [6, 6.07) is 9.18. The van der Waals surface area contributed by atoms with Crippen molar-refractivity contribution < 1.29 is 4.79 Å². The van der Waals surface area contributed by atoms with Gasteiger partial charge >= 0.3 is 0 Å². The van der Waals surface area contributed by atoms with Gasteiger partial charge < -0.3 is 19.8 Å². The molecule has 1 saturated carbocycles. The summed E-state index contributed by atoms with van der Waals surface area (Å²) in [4.78, 5) is 25.6. The summed E-state index contributed by atoms with van der Waals surface area (Å²) >= 11 is 0. The van der Waals surface area contributed by atoms with Crippen LogP contribution in [0, 0.1) is 5.92 Å². The van der Waals surface area contributed by atoms with Gasteiger partial charge in [0, 0.05) is 43.9 Å². The molecule has 10 nitrogen and oxygen atoms in total. The number of imidazole rings is 1. The Morgan fingerprint density at radius 3 is 2.76 bits per heavy atom. The Bertz CT molecular complexity index is 1260. The summed E-state index contributed by atoms with van der Waals surface area (Å²) in [7, 11) is 3.85. The standard InChI is InChI=1S/C23H25N9O/c1-31-11-10-25-22(31)20(15-6-7-15)28-23(33)16-4-3-5-17(12-16)26-13-19-29-30-21(32(19)2)18-8-9-24-14-27-18/h3-5,8-12,14-15,20,26H,6-7,13H2,1-2H3,(H,28,33)/t20-/m1/s1. The number of benzene rings is 1. The Hall–Kier alpha value is -4.08. The molecular weight excluding hydrogens is 418 g/mol. The van der Waals surface area contributed by atoms with E-state index in [1.807, 2.05) is 53.7 Å². The van der Waals surface area contributed by atoms with Gasteiger partial charge in [-0.2, -0.15) is 0 Å². The first kappa shape index (κ1) is 20.8. The largest absolute Gasteiger partial charge is 0.378 e. The fourth-order valence-corrected chi connectivity index (χ4v) is 3.84. The number of carbonyl (C=O) groups excluding carboxylic acids is 1. The maximum Gasteiger partial charge on any atom is 0.251 e. The van der Waals surface area contributed by atoms with E-state index in [2.05, 4.69) is 35.8 Å². The minimum atomic E-state index is -0.108. The van der Waals surface area contributed by atoms with Gasteiger partial charge in [0.1, 0.15) is 17.8 Å². The molecule has 0 unspecified atom stereocenters. The van der Waals surface area contributed by atoms with Gasteiger partial charge in [-0.3, -0.25) is 4.79 Å². The fourth-order valence-electron chi connectivity index (χ4n) is 3.84. The van der Waals surface area contributed by atoms with Crippen LogP contribution in [0.15, 0.2) is 55.2 Å². The molecule has 1 fully saturated rings. The number of hydrogen-bond donors (Lipinski definition) is 2. The molecule has 0 radical (unpaired) electrons. The van der Waals surface area contributed by atoms with Crippen molar-refractivity contribution in [1.29, 1.82) is 0 Å². The van der Waals surface area contributed by atoms with E-state index in [9.17, 15) is 4.79 Å². The molecule has 0 aliphatic heterocycles. The number of aryl methyl sites for hydroxylation is 1. The van der Waals surface area contributed by atoms with E-state index in [1.165, 1.54) is 6.33 Å². The average molecular weight is 444 g/mol. The second kappa shape index (κ2) is 8.81. The van der Waals surface area contributed by atoms with Crippen LogP contribution in [0.4, 0.5) is 5.69 Å². The lowest BCUT2D eigenvalue weighted by Gasteiger charge is -2.18. The highest BCUT2D eigenvalue weighted by atomic mass is 16.1. The number of carbonyl (C=O) groups is 1. The van der Waals surface area contributed by atoms with Crippen LogP contribution in [0.3, 0.4) is 0 Å². The van der Waals surface area contributed by atoms with Crippen LogP contribution in [0.5, 0.6) is 0 Å². The number of aromatic nitrogens is 7. The number of rotatable bonds is 8. The zero-order chi connectivity index (χ0) is 22.8. The van der Waals surface area contributed by atoms with Gasteiger partial charge in [0.15, 0.2) is 11.6 Å². The zero-order valence-electron chi connectivity index (χ0n) is 18.5. The molecule has 0 spiro atoms. The summed E-state index contributed by atoms with van der Waals surface area (Å²) in [5.74, 6) is 2.64. The van der Waals surface area contributed by atoms with Crippen molar-refractivity contribution in [3.05, 3.63) is 72.5 Å². The van der Waals surface area contributed by atoms with Gasteiger partial charge in [-0.15, -0.1) is 10.2 Å². The van der Waals surface area contributed by atoms with E-state index in [1.54, 1.807) is 18.5 Å². The van der Waals surface area contributed by atoms with Crippen molar-refractivity contribution in [2.24, 2.45) is 20.0 Å². The molecule has 3 heterocycles. The summed E-state index contributed by atoms with van der Waals surface area (Å²) in [6.45, 7) is 0.456. The molecule has 2 N–H and O–H groups in total. The summed E-state index contributed by atoms with van der Waals surface area (Å²) in [6.07, 6.45) is 9.05. The molecule has 33 heavy (non-hydrogen) atoms. The van der Waals surface area contributed by atoms with Gasteiger partial charge in [0.05, 0.1) is 12.6 Å². The highest BCUT2D eigenvalue weighted by Gasteiger charge is 2.35. The first-order valence-electron chi connectivity index (χ1n) is 10.9. The smallest absolute Gasteiger partial charge is 0.251 e.